The summed E-state index contributed by atoms with van der Waals surface area (Å²) in [7, 11) is -3.27. The Labute approximate surface area is 161 Å². The molecule has 4 nitrogen and oxygen atoms in total. The molecule has 2 aromatic rings. The highest BCUT2D eigenvalue weighted by molar-refractivity contribution is 9.10. The highest BCUT2D eigenvalue weighted by atomic mass is 79.9. The zero-order valence-corrected chi connectivity index (χ0v) is 17.3. The van der Waals surface area contributed by atoms with E-state index in [9.17, 15) is 4.57 Å². The Morgan fingerprint density at radius 3 is 2.12 bits per heavy atom. The van der Waals surface area contributed by atoms with Crippen molar-refractivity contribution in [3.8, 4) is 0 Å². The maximum atomic E-state index is 13.4. The molecule has 2 unspecified atom stereocenters. The minimum absolute atomic E-state index is 0.0672. The lowest BCUT2D eigenvalue weighted by atomic mass is 10.1. The van der Waals surface area contributed by atoms with Crippen LogP contribution < -0.4 is 4.90 Å². The molecule has 0 aliphatic carbocycles. The molecule has 1 heterocycles. The lowest BCUT2D eigenvalue weighted by Crippen LogP contribution is -2.06. The van der Waals surface area contributed by atoms with Gasteiger partial charge >= 0.3 is 7.60 Å². The summed E-state index contributed by atoms with van der Waals surface area (Å²) in [6.07, 6.45) is 0. The summed E-state index contributed by atoms with van der Waals surface area (Å²) in [4.78, 5) is 2.09. The van der Waals surface area contributed by atoms with E-state index in [2.05, 4.69) is 20.8 Å². The first kappa shape index (κ1) is 18.9. The van der Waals surface area contributed by atoms with Gasteiger partial charge in [0.15, 0.2) is 5.78 Å². The van der Waals surface area contributed by atoms with E-state index in [4.69, 9.17) is 20.6 Å². The Balaban J connectivity index is 1.98. The van der Waals surface area contributed by atoms with Crippen LogP contribution in [-0.4, -0.2) is 19.0 Å². The fourth-order valence-corrected chi connectivity index (χ4v) is 5.67. The van der Waals surface area contributed by atoms with Crippen LogP contribution in [0.1, 0.15) is 25.5 Å². The first-order valence-corrected chi connectivity index (χ1v) is 11.0. The van der Waals surface area contributed by atoms with Gasteiger partial charge in [0.1, 0.15) is 0 Å². The number of anilines is 1. The predicted molar refractivity (Wildman–Crippen MR) is 105 cm³/mol. The smallest absolute Gasteiger partial charge is 0.345 e. The van der Waals surface area contributed by atoms with E-state index in [0.29, 0.717) is 18.2 Å². The Morgan fingerprint density at radius 1 is 1.04 bits per heavy atom. The third-order valence-electron chi connectivity index (χ3n) is 4.06. The van der Waals surface area contributed by atoms with Crippen molar-refractivity contribution in [2.75, 3.05) is 18.1 Å². The molecular weight excluding hydrogens is 425 g/mol. The third-order valence-corrected chi connectivity index (χ3v) is 7.25. The molecular formula is C18H20BrClNO3P. The zero-order valence-electron chi connectivity index (χ0n) is 14.1. The Bertz CT molecular complexity index is 707. The largest absolute Gasteiger partial charge is 0.355 e. The maximum absolute atomic E-state index is 13.4. The van der Waals surface area contributed by atoms with Crippen LogP contribution in [0.15, 0.2) is 53.0 Å². The Kier molecular flexibility index (Phi) is 5.92. The van der Waals surface area contributed by atoms with Gasteiger partial charge in [0.2, 0.25) is 0 Å². The van der Waals surface area contributed by atoms with Crippen LogP contribution in [0.5, 0.6) is 0 Å². The molecule has 2 aromatic carbocycles. The molecule has 0 N–H and O–H groups in total. The van der Waals surface area contributed by atoms with Gasteiger partial charge in [-0.3, -0.25) is 4.57 Å². The molecule has 0 spiro atoms. The van der Waals surface area contributed by atoms with Gasteiger partial charge in [0.05, 0.1) is 19.3 Å². The van der Waals surface area contributed by atoms with Crippen molar-refractivity contribution in [3.63, 3.8) is 0 Å². The molecule has 25 heavy (non-hydrogen) atoms. The average molecular weight is 445 g/mol. The minimum Gasteiger partial charge on any atom is -0.345 e. The maximum Gasteiger partial charge on any atom is 0.355 e. The van der Waals surface area contributed by atoms with Crippen LogP contribution >= 0.6 is 35.1 Å². The minimum atomic E-state index is -3.27. The summed E-state index contributed by atoms with van der Waals surface area (Å²) in [6.45, 7) is 4.34. The first-order chi connectivity index (χ1) is 12.0. The van der Waals surface area contributed by atoms with Gasteiger partial charge in [-0.15, -0.1) is 0 Å². The van der Waals surface area contributed by atoms with Gasteiger partial charge in [-0.2, -0.15) is 0 Å². The number of hydrogen-bond donors (Lipinski definition) is 0. The number of halogens is 2. The van der Waals surface area contributed by atoms with E-state index in [1.807, 2.05) is 62.4 Å². The van der Waals surface area contributed by atoms with Crippen LogP contribution in [0.25, 0.3) is 0 Å². The molecule has 134 valence electrons. The zero-order chi connectivity index (χ0) is 18.0. The summed E-state index contributed by atoms with van der Waals surface area (Å²) >= 11 is 9.46. The van der Waals surface area contributed by atoms with Crippen molar-refractivity contribution in [2.24, 2.45) is 0 Å². The van der Waals surface area contributed by atoms with Gasteiger partial charge in [-0.25, -0.2) is 0 Å². The first-order valence-electron chi connectivity index (χ1n) is 8.18. The quantitative estimate of drug-likeness (QED) is 0.373. The molecule has 0 radical (unpaired) electrons. The molecule has 0 bridgehead atoms. The molecule has 0 aromatic heterocycles. The highest BCUT2D eigenvalue weighted by Crippen LogP contribution is 2.68. The molecule has 0 amide bonds. The lowest BCUT2D eigenvalue weighted by molar-refractivity contribution is 0.218. The molecule has 2 atom stereocenters. The normalized spacial score (nSPS) is 19.9. The fraction of sp³-hybridized carbons (Fsp3) is 0.333. The topological polar surface area (TPSA) is 38.5 Å². The number of nitrogens with zero attached hydrogens (tertiary/aromatic N) is 1. The van der Waals surface area contributed by atoms with Gasteiger partial charge in [0, 0.05) is 15.2 Å². The lowest BCUT2D eigenvalue weighted by Gasteiger charge is -2.17. The van der Waals surface area contributed by atoms with E-state index in [1.165, 1.54) is 0 Å². The predicted octanol–water partition coefficient (Wildman–Crippen LogP) is 6.26. The van der Waals surface area contributed by atoms with Gasteiger partial charge in [-0.05, 0) is 55.8 Å². The SMILES string of the molecule is CCOP(=O)(OCC)C1C(c2ccc(Cl)cc2)N1c1ccc(Br)cc1. The fourth-order valence-electron chi connectivity index (χ4n) is 3.01. The monoisotopic (exact) mass is 443 g/mol. The molecule has 7 heteroatoms. The second-order valence-electron chi connectivity index (χ2n) is 5.67. The van der Waals surface area contributed by atoms with E-state index in [0.717, 1.165) is 15.7 Å². The van der Waals surface area contributed by atoms with Crippen molar-refractivity contribution in [1.82, 2.24) is 0 Å². The molecule has 3 rings (SSSR count). The second-order valence-corrected chi connectivity index (χ2v) is 9.15. The highest BCUT2D eigenvalue weighted by Gasteiger charge is 2.61. The Hall–Kier alpha value is -0.840. The van der Waals surface area contributed by atoms with Crippen LogP contribution in [0.3, 0.4) is 0 Å². The average Bonchev–Trinajstić information content (AvgIpc) is 3.33. The Morgan fingerprint density at radius 2 is 1.60 bits per heavy atom. The standard InChI is InChI=1S/C18H20BrClNO3P/c1-3-23-25(22,24-4-2)18-17(13-5-9-15(20)10-6-13)21(18)16-11-7-14(19)8-12-16/h5-12,17-18H,3-4H2,1-2H3. The summed E-state index contributed by atoms with van der Waals surface area (Å²) in [5.41, 5.74) is 2.02. The summed E-state index contributed by atoms with van der Waals surface area (Å²) in [5.74, 6) is -0.338. The van der Waals surface area contributed by atoms with Gasteiger partial charge < -0.3 is 13.9 Å². The van der Waals surface area contributed by atoms with E-state index in [1.54, 1.807) is 0 Å². The molecule has 0 saturated carbocycles. The van der Waals surface area contributed by atoms with Crippen molar-refractivity contribution < 1.29 is 13.6 Å². The third kappa shape index (κ3) is 3.96. The van der Waals surface area contributed by atoms with Crippen LogP contribution in [0.2, 0.25) is 5.02 Å². The molecule has 1 aliphatic heterocycles. The number of rotatable bonds is 7. The molecule has 1 fully saturated rings. The van der Waals surface area contributed by atoms with Crippen LogP contribution in [0, 0.1) is 0 Å². The summed E-state index contributed by atoms with van der Waals surface area (Å²) in [5, 5.41) is 0.675. The van der Waals surface area contributed by atoms with Crippen molar-refractivity contribution >= 4 is 40.8 Å². The van der Waals surface area contributed by atoms with Crippen molar-refractivity contribution in [2.45, 2.75) is 25.7 Å². The van der Waals surface area contributed by atoms with Gasteiger partial charge in [-0.1, -0.05) is 39.7 Å². The summed E-state index contributed by atoms with van der Waals surface area (Å²) < 4.78 is 25.6. The number of benzene rings is 2. The number of hydrogen-bond acceptors (Lipinski definition) is 4. The van der Waals surface area contributed by atoms with E-state index < -0.39 is 7.60 Å². The van der Waals surface area contributed by atoms with Crippen molar-refractivity contribution in [1.29, 1.82) is 0 Å². The molecule has 1 aliphatic rings. The van der Waals surface area contributed by atoms with E-state index in [-0.39, 0.29) is 11.8 Å². The summed E-state index contributed by atoms with van der Waals surface area (Å²) in [6, 6.07) is 15.5. The van der Waals surface area contributed by atoms with E-state index >= 15 is 0 Å². The van der Waals surface area contributed by atoms with Crippen LogP contribution in [-0.2, 0) is 13.6 Å². The van der Waals surface area contributed by atoms with Crippen molar-refractivity contribution in [3.05, 3.63) is 63.6 Å². The second kappa shape index (κ2) is 7.81. The van der Waals surface area contributed by atoms with Gasteiger partial charge in [0.25, 0.3) is 0 Å². The molecule has 1 saturated heterocycles. The van der Waals surface area contributed by atoms with Crippen LogP contribution in [0.4, 0.5) is 5.69 Å².